The number of nitrogens with zero attached hydrogens (tertiary/aromatic N) is 4. The fourth-order valence-corrected chi connectivity index (χ4v) is 4.40. The van der Waals surface area contributed by atoms with Crippen LogP contribution < -0.4 is 4.90 Å². The number of H-pyrrole nitrogens is 1. The maximum absolute atomic E-state index is 10.3. The summed E-state index contributed by atoms with van der Waals surface area (Å²) in [5.41, 5.74) is 4.51. The number of hydrogen-bond donors (Lipinski definition) is 3. The number of morpholine rings is 1. The number of rotatable bonds is 4. The molecule has 1 aromatic carbocycles. The Labute approximate surface area is 185 Å². The Morgan fingerprint density at radius 3 is 2.77 bits per heavy atom. The molecule has 162 valence electrons. The van der Waals surface area contributed by atoms with Crippen LogP contribution in [0.3, 0.4) is 0 Å². The Morgan fingerprint density at radius 2 is 1.94 bits per heavy atom. The minimum atomic E-state index is -0.150. The standard InChI is InChI=1S/C22H24ClN5O3/c23-17-10-15(19(29)11-20(17)30)22-16-13-27(4-2-18(16)25-26-22)12-14-1-3-24-21(9-14)28-5-7-31-8-6-28/h1,3,9-11,29-30H,2,4-8,12-13H2,(H,25,26). The van der Waals surface area contributed by atoms with Crippen molar-refractivity contribution >= 4 is 17.4 Å². The summed E-state index contributed by atoms with van der Waals surface area (Å²) in [4.78, 5) is 9.16. The smallest absolute Gasteiger partial charge is 0.137 e. The van der Waals surface area contributed by atoms with Crippen molar-refractivity contribution in [1.82, 2.24) is 20.1 Å². The molecule has 0 saturated carbocycles. The molecule has 0 aliphatic carbocycles. The zero-order valence-corrected chi connectivity index (χ0v) is 17.8. The summed E-state index contributed by atoms with van der Waals surface area (Å²) in [6.07, 6.45) is 2.71. The molecular formula is C22H24ClN5O3. The number of nitrogens with one attached hydrogen (secondary N) is 1. The van der Waals surface area contributed by atoms with E-state index in [1.807, 2.05) is 6.20 Å². The van der Waals surface area contributed by atoms with E-state index in [2.05, 4.69) is 37.1 Å². The summed E-state index contributed by atoms with van der Waals surface area (Å²) in [7, 11) is 0. The predicted octanol–water partition coefficient (Wildman–Crippen LogP) is 2.93. The van der Waals surface area contributed by atoms with Crippen LogP contribution in [-0.4, -0.2) is 63.1 Å². The van der Waals surface area contributed by atoms with Gasteiger partial charge in [-0.3, -0.25) is 10.00 Å². The monoisotopic (exact) mass is 441 g/mol. The Balaban J connectivity index is 1.36. The number of phenols is 2. The van der Waals surface area contributed by atoms with E-state index in [0.29, 0.717) is 17.8 Å². The Kier molecular flexibility index (Phi) is 5.43. The fourth-order valence-electron chi connectivity index (χ4n) is 4.23. The van der Waals surface area contributed by atoms with E-state index in [1.54, 1.807) is 6.07 Å². The third-order valence-corrected chi connectivity index (χ3v) is 6.19. The van der Waals surface area contributed by atoms with Crippen molar-refractivity contribution in [2.45, 2.75) is 19.5 Å². The van der Waals surface area contributed by atoms with E-state index in [4.69, 9.17) is 16.3 Å². The van der Waals surface area contributed by atoms with Crippen LogP contribution in [0, 0.1) is 0 Å². The minimum Gasteiger partial charge on any atom is -0.507 e. The van der Waals surface area contributed by atoms with E-state index in [0.717, 1.165) is 62.9 Å². The zero-order valence-electron chi connectivity index (χ0n) is 17.0. The number of aromatic hydroxyl groups is 2. The van der Waals surface area contributed by atoms with Gasteiger partial charge in [-0.2, -0.15) is 5.10 Å². The molecule has 3 aromatic rings. The third kappa shape index (κ3) is 4.06. The SMILES string of the molecule is Oc1cc(O)c(-c2n[nH]c3c2CN(Cc2ccnc(N4CCOCC4)c2)CC3)cc1Cl. The van der Waals surface area contributed by atoms with Gasteiger partial charge in [-0.05, 0) is 23.8 Å². The lowest BCUT2D eigenvalue weighted by atomic mass is 10.00. The highest BCUT2D eigenvalue weighted by Gasteiger charge is 2.25. The van der Waals surface area contributed by atoms with Gasteiger partial charge in [0, 0.05) is 68.2 Å². The summed E-state index contributed by atoms with van der Waals surface area (Å²) < 4.78 is 5.44. The average Bonchev–Trinajstić information content (AvgIpc) is 3.20. The van der Waals surface area contributed by atoms with Crippen LogP contribution in [0.25, 0.3) is 11.3 Å². The number of aromatic nitrogens is 3. The quantitative estimate of drug-likeness (QED) is 0.572. The molecule has 0 spiro atoms. The highest BCUT2D eigenvalue weighted by atomic mass is 35.5. The number of aromatic amines is 1. The van der Waals surface area contributed by atoms with Crippen molar-refractivity contribution in [1.29, 1.82) is 0 Å². The minimum absolute atomic E-state index is 0.0439. The Morgan fingerprint density at radius 1 is 1.10 bits per heavy atom. The van der Waals surface area contributed by atoms with Crippen molar-refractivity contribution < 1.29 is 14.9 Å². The molecule has 4 heterocycles. The summed E-state index contributed by atoms with van der Waals surface area (Å²) in [5, 5.41) is 27.8. The van der Waals surface area contributed by atoms with Gasteiger partial charge in [0.05, 0.1) is 18.2 Å². The topological polar surface area (TPSA) is 97.7 Å². The first-order chi connectivity index (χ1) is 15.1. The molecule has 2 aliphatic heterocycles. The molecule has 2 aliphatic rings. The number of halogens is 1. The van der Waals surface area contributed by atoms with Crippen molar-refractivity contribution in [2.75, 3.05) is 37.7 Å². The highest BCUT2D eigenvalue weighted by Crippen LogP contribution is 2.39. The maximum atomic E-state index is 10.3. The van der Waals surface area contributed by atoms with Gasteiger partial charge in [-0.15, -0.1) is 0 Å². The lowest BCUT2D eigenvalue weighted by Crippen LogP contribution is -2.36. The first kappa shape index (κ1) is 20.1. The van der Waals surface area contributed by atoms with Crippen LogP contribution in [0.15, 0.2) is 30.5 Å². The van der Waals surface area contributed by atoms with Gasteiger partial charge in [0.25, 0.3) is 0 Å². The molecular weight excluding hydrogens is 418 g/mol. The summed E-state index contributed by atoms with van der Waals surface area (Å²) in [6.45, 7) is 5.60. The molecule has 0 unspecified atom stereocenters. The lowest BCUT2D eigenvalue weighted by molar-refractivity contribution is 0.122. The number of fused-ring (bicyclic) bond motifs is 1. The van der Waals surface area contributed by atoms with Crippen LogP contribution >= 0.6 is 11.6 Å². The predicted molar refractivity (Wildman–Crippen MR) is 117 cm³/mol. The Hall–Kier alpha value is -2.81. The van der Waals surface area contributed by atoms with E-state index in [1.165, 1.54) is 11.6 Å². The van der Waals surface area contributed by atoms with Crippen molar-refractivity contribution in [3.8, 4) is 22.8 Å². The van der Waals surface area contributed by atoms with Crippen LogP contribution in [0.4, 0.5) is 5.82 Å². The molecule has 0 radical (unpaired) electrons. The third-order valence-electron chi connectivity index (χ3n) is 5.88. The zero-order chi connectivity index (χ0) is 21.4. The molecule has 2 aromatic heterocycles. The number of phenolic OH excluding ortho intramolecular Hbond substituents is 2. The van der Waals surface area contributed by atoms with E-state index in [-0.39, 0.29) is 16.5 Å². The van der Waals surface area contributed by atoms with Gasteiger partial charge in [-0.25, -0.2) is 4.98 Å². The largest absolute Gasteiger partial charge is 0.507 e. The van der Waals surface area contributed by atoms with E-state index in [9.17, 15) is 10.2 Å². The number of anilines is 1. The first-order valence-electron chi connectivity index (χ1n) is 10.4. The van der Waals surface area contributed by atoms with Crippen LogP contribution in [0.5, 0.6) is 11.5 Å². The van der Waals surface area contributed by atoms with Crippen molar-refractivity contribution in [2.24, 2.45) is 0 Å². The van der Waals surface area contributed by atoms with Gasteiger partial charge < -0.3 is 19.8 Å². The molecule has 8 nitrogen and oxygen atoms in total. The second-order valence-corrected chi connectivity index (χ2v) is 8.34. The van der Waals surface area contributed by atoms with Crippen molar-refractivity contribution in [3.63, 3.8) is 0 Å². The number of hydrogen-bond acceptors (Lipinski definition) is 7. The number of ether oxygens (including phenoxy) is 1. The highest BCUT2D eigenvalue weighted by molar-refractivity contribution is 6.32. The Bertz CT molecular complexity index is 1100. The molecule has 5 rings (SSSR count). The van der Waals surface area contributed by atoms with Crippen LogP contribution in [0.2, 0.25) is 5.02 Å². The molecule has 0 atom stereocenters. The van der Waals surface area contributed by atoms with E-state index >= 15 is 0 Å². The normalized spacial score (nSPS) is 17.0. The van der Waals surface area contributed by atoms with Gasteiger partial charge >= 0.3 is 0 Å². The molecule has 0 bridgehead atoms. The summed E-state index contributed by atoms with van der Waals surface area (Å²) in [5.74, 6) is 0.798. The molecule has 1 fully saturated rings. The number of benzene rings is 1. The summed E-state index contributed by atoms with van der Waals surface area (Å²) >= 11 is 6.07. The maximum Gasteiger partial charge on any atom is 0.137 e. The lowest BCUT2D eigenvalue weighted by Gasteiger charge is -2.29. The van der Waals surface area contributed by atoms with Gasteiger partial charge in [0.2, 0.25) is 0 Å². The summed E-state index contributed by atoms with van der Waals surface area (Å²) in [6, 6.07) is 7.02. The molecule has 9 heteroatoms. The molecule has 3 N–H and O–H groups in total. The van der Waals surface area contributed by atoms with Crippen LogP contribution in [0.1, 0.15) is 16.8 Å². The van der Waals surface area contributed by atoms with Crippen LogP contribution in [-0.2, 0) is 24.2 Å². The van der Waals surface area contributed by atoms with Crippen molar-refractivity contribution in [3.05, 3.63) is 52.3 Å². The molecule has 1 saturated heterocycles. The fraction of sp³-hybridized carbons (Fsp3) is 0.364. The first-order valence-corrected chi connectivity index (χ1v) is 10.7. The van der Waals surface area contributed by atoms with E-state index < -0.39 is 0 Å². The van der Waals surface area contributed by atoms with Gasteiger partial charge in [0.15, 0.2) is 0 Å². The second kappa shape index (κ2) is 8.37. The van der Waals surface area contributed by atoms with Gasteiger partial charge in [0.1, 0.15) is 23.0 Å². The second-order valence-electron chi connectivity index (χ2n) is 7.93. The molecule has 31 heavy (non-hydrogen) atoms. The molecule has 0 amide bonds. The average molecular weight is 442 g/mol. The number of pyridine rings is 1. The van der Waals surface area contributed by atoms with Gasteiger partial charge in [-0.1, -0.05) is 11.6 Å².